The summed E-state index contributed by atoms with van der Waals surface area (Å²) >= 11 is 3.43. The summed E-state index contributed by atoms with van der Waals surface area (Å²) in [5.74, 6) is -0.152. The lowest BCUT2D eigenvalue weighted by molar-refractivity contribution is -0.0237. The number of carbonyl (C=O) groups is 1. The number of fused-ring (bicyclic) bond motifs is 1. The Bertz CT molecular complexity index is 922. The first kappa shape index (κ1) is 16.3. The van der Waals surface area contributed by atoms with Crippen LogP contribution in [0.3, 0.4) is 0 Å². The van der Waals surface area contributed by atoms with Gasteiger partial charge in [0.25, 0.3) is 5.91 Å². The second-order valence-corrected chi connectivity index (χ2v) is 6.79. The maximum Gasteiger partial charge on any atom is 0.289 e. The second-order valence-electron chi connectivity index (χ2n) is 5.93. The summed E-state index contributed by atoms with van der Waals surface area (Å²) < 4.78 is 25.4. The van der Waals surface area contributed by atoms with Gasteiger partial charge < -0.3 is 14.1 Å². The molecule has 0 saturated carbocycles. The van der Waals surface area contributed by atoms with E-state index < -0.39 is 0 Å². The highest BCUT2D eigenvalue weighted by atomic mass is 79.9. The zero-order chi connectivity index (χ0) is 17.4. The summed E-state index contributed by atoms with van der Waals surface area (Å²) in [6, 6.07) is 13.6. The zero-order valence-corrected chi connectivity index (χ0v) is 14.8. The van der Waals surface area contributed by atoms with Gasteiger partial charge in [0.1, 0.15) is 17.5 Å². The van der Waals surface area contributed by atoms with Crippen molar-refractivity contribution in [3.05, 3.63) is 70.1 Å². The Morgan fingerprint density at radius 2 is 2.00 bits per heavy atom. The highest BCUT2D eigenvalue weighted by Gasteiger charge is 2.28. The van der Waals surface area contributed by atoms with Gasteiger partial charge in [0.2, 0.25) is 0 Å². The van der Waals surface area contributed by atoms with E-state index in [1.807, 2.05) is 18.2 Å². The van der Waals surface area contributed by atoms with E-state index in [1.54, 1.807) is 23.1 Å². The quantitative estimate of drug-likeness (QED) is 0.630. The van der Waals surface area contributed by atoms with Gasteiger partial charge in [0, 0.05) is 11.9 Å². The van der Waals surface area contributed by atoms with Crippen LogP contribution in [0.5, 0.6) is 0 Å². The molecule has 0 bridgehead atoms. The van der Waals surface area contributed by atoms with E-state index in [2.05, 4.69) is 15.9 Å². The lowest BCUT2D eigenvalue weighted by Gasteiger charge is -2.32. The maximum absolute atomic E-state index is 13.1. The van der Waals surface area contributed by atoms with Crippen molar-refractivity contribution >= 4 is 32.8 Å². The van der Waals surface area contributed by atoms with Gasteiger partial charge in [-0.25, -0.2) is 4.39 Å². The monoisotopic (exact) mass is 403 g/mol. The molecule has 1 fully saturated rings. The van der Waals surface area contributed by atoms with Crippen molar-refractivity contribution < 1.29 is 18.3 Å². The Hall–Kier alpha value is -2.18. The number of para-hydroxylation sites is 1. The van der Waals surface area contributed by atoms with Gasteiger partial charge >= 0.3 is 0 Å². The van der Waals surface area contributed by atoms with Crippen LogP contribution in [0.1, 0.15) is 22.2 Å². The van der Waals surface area contributed by atoms with E-state index in [0.717, 1.165) is 15.4 Å². The SMILES string of the molecule is O=C(c1cc2cccc(Br)c2o1)N1CCOC(c2ccc(F)cc2)C1. The molecule has 0 aliphatic carbocycles. The summed E-state index contributed by atoms with van der Waals surface area (Å²) in [6.45, 7) is 1.33. The van der Waals surface area contributed by atoms with Crippen molar-refractivity contribution in [3.63, 3.8) is 0 Å². The van der Waals surface area contributed by atoms with Gasteiger partial charge in [0.15, 0.2) is 5.76 Å². The van der Waals surface area contributed by atoms with Crippen LogP contribution >= 0.6 is 15.9 Å². The van der Waals surface area contributed by atoms with Crippen molar-refractivity contribution in [2.24, 2.45) is 0 Å². The highest BCUT2D eigenvalue weighted by Crippen LogP contribution is 2.29. The molecule has 1 aliphatic rings. The first-order valence-corrected chi connectivity index (χ1v) is 8.75. The predicted molar refractivity (Wildman–Crippen MR) is 94.9 cm³/mol. The molecule has 3 aromatic rings. The van der Waals surface area contributed by atoms with Crippen molar-refractivity contribution in [1.82, 2.24) is 4.90 Å². The molecule has 0 N–H and O–H groups in total. The summed E-state index contributed by atoms with van der Waals surface area (Å²) in [5.41, 5.74) is 1.51. The van der Waals surface area contributed by atoms with Crippen LogP contribution < -0.4 is 0 Å². The number of furan rings is 1. The topological polar surface area (TPSA) is 42.7 Å². The predicted octanol–water partition coefficient (Wildman–Crippen LogP) is 4.55. The van der Waals surface area contributed by atoms with E-state index in [1.165, 1.54) is 12.1 Å². The fourth-order valence-corrected chi connectivity index (χ4v) is 3.46. The lowest BCUT2D eigenvalue weighted by Crippen LogP contribution is -2.42. The van der Waals surface area contributed by atoms with Gasteiger partial charge in [-0.1, -0.05) is 24.3 Å². The molecule has 1 atom stereocenters. The summed E-state index contributed by atoms with van der Waals surface area (Å²) in [5, 5.41) is 0.876. The standard InChI is InChI=1S/C19H15BrFNO3/c20-15-3-1-2-13-10-16(25-18(13)15)19(23)22-8-9-24-17(11-22)12-4-6-14(21)7-5-12/h1-7,10,17H,8-9,11H2. The number of hydrogen-bond acceptors (Lipinski definition) is 3. The molecule has 1 aromatic heterocycles. The van der Waals surface area contributed by atoms with Crippen LogP contribution in [-0.4, -0.2) is 30.5 Å². The molecule has 4 rings (SSSR count). The summed E-state index contributed by atoms with van der Waals surface area (Å²) in [7, 11) is 0. The number of halogens is 2. The number of nitrogens with zero attached hydrogens (tertiary/aromatic N) is 1. The van der Waals surface area contributed by atoms with Crippen LogP contribution in [0, 0.1) is 5.82 Å². The Kier molecular flexibility index (Phi) is 4.31. The number of rotatable bonds is 2. The molecule has 1 saturated heterocycles. The Morgan fingerprint density at radius 1 is 1.20 bits per heavy atom. The van der Waals surface area contributed by atoms with Gasteiger partial charge in [-0.15, -0.1) is 0 Å². The van der Waals surface area contributed by atoms with E-state index in [4.69, 9.17) is 9.15 Å². The van der Waals surface area contributed by atoms with Crippen LogP contribution in [-0.2, 0) is 4.74 Å². The molecule has 1 amide bonds. The van der Waals surface area contributed by atoms with E-state index in [0.29, 0.717) is 31.0 Å². The zero-order valence-electron chi connectivity index (χ0n) is 13.2. The summed E-state index contributed by atoms with van der Waals surface area (Å²) in [6.07, 6.45) is -0.269. The minimum atomic E-state index is -0.291. The molecular formula is C19H15BrFNO3. The average Bonchev–Trinajstić information content (AvgIpc) is 3.07. The molecular weight excluding hydrogens is 389 g/mol. The molecule has 2 aromatic carbocycles. The molecule has 2 heterocycles. The van der Waals surface area contributed by atoms with Gasteiger partial charge in [-0.2, -0.15) is 0 Å². The van der Waals surface area contributed by atoms with Crippen LogP contribution in [0.25, 0.3) is 11.0 Å². The number of hydrogen-bond donors (Lipinski definition) is 0. The molecule has 25 heavy (non-hydrogen) atoms. The third-order valence-corrected chi connectivity index (χ3v) is 4.93. The van der Waals surface area contributed by atoms with Crippen LogP contribution in [0.2, 0.25) is 0 Å². The molecule has 0 spiro atoms. The van der Waals surface area contributed by atoms with Crippen LogP contribution in [0.4, 0.5) is 4.39 Å². The Labute approximate surface area is 152 Å². The van der Waals surface area contributed by atoms with E-state index >= 15 is 0 Å². The lowest BCUT2D eigenvalue weighted by atomic mass is 10.1. The smallest absolute Gasteiger partial charge is 0.289 e. The fourth-order valence-electron chi connectivity index (χ4n) is 3.00. The Morgan fingerprint density at radius 3 is 2.76 bits per heavy atom. The average molecular weight is 404 g/mol. The first-order valence-electron chi connectivity index (χ1n) is 7.96. The van der Waals surface area contributed by atoms with Crippen molar-refractivity contribution in [2.45, 2.75) is 6.10 Å². The molecule has 1 unspecified atom stereocenters. The van der Waals surface area contributed by atoms with Gasteiger partial charge in [-0.3, -0.25) is 4.79 Å². The largest absolute Gasteiger partial charge is 0.450 e. The van der Waals surface area contributed by atoms with Gasteiger partial charge in [-0.05, 0) is 45.8 Å². The Balaban J connectivity index is 1.56. The molecule has 1 aliphatic heterocycles. The minimum absolute atomic E-state index is 0.168. The number of amides is 1. The molecule has 4 nitrogen and oxygen atoms in total. The second kappa shape index (κ2) is 6.61. The molecule has 0 radical (unpaired) electrons. The third-order valence-electron chi connectivity index (χ3n) is 4.30. The van der Waals surface area contributed by atoms with Crippen molar-refractivity contribution in [2.75, 3.05) is 19.7 Å². The third kappa shape index (κ3) is 3.19. The number of carbonyl (C=O) groups excluding carboxylic acids is 1. The minimum Gasteiger partial charge on any atom is -0.450 e. The fraction of sp³-hybridized carbons (Fsp3) is 0.211. The van der Waals surface area contributed by atoms with E-state index in [-0.39, 0.29) is 17.8 Å². The number of ether oxygens (including phenoxy) is 1. The first-order chi connectivity index (χ1) is 12.1. The summed E-state index contributed by atoms with van der Waals surface area (Å²) in [4.78, 5) is 14.5. The molecule has 128 valence electrons. The highest BCUT2D eigenvalue weighted by molar-refractivity contribution is 9.10. The number of morpholine rings is 1. The van der Waals surface area contributed by atoms with Crippen LogP contribution in [0.15, 0.2) is 57.4 Å². The maximum atomic E-state index is 13.1. The molecule has 6 heteroatoms. The normalized spacial score (nSPS) is 17.8. The number of benzene rings is 2. The van der Waals surface area contributed by atoms with Gasteiger partial charge in [0.05, 0.1) is 17.6 Å². The van der Waals surface area contributed by atoms with E-state index in [9.17, 15) is 9.18 Å². The van der Waals surface area contributed by atoms with Crippen molar-refractivity contribution in [1.29, 1.82) is 0 Å². The van der Waals surface area contributed by atoms with Crippen molar-refractivity contribution in [3.8, 4) is 0 Å².